The van der Waals surface area contributed by atoms with Crippen LogP contribution in [-0.2, 0) is 5.41 Å². The SMILES string of the molecule is Cc1ccc(C2(C)C(CO)C2(C)C)o1. The topological polar surface area (TPSA) is 33.4 Å². The summed E-state index contributed by atoms with van der Waals surface area (Å²) in [6.45, 7) is 8.74. The van der Waals surface area contributed by atoms with Gasteiger partial charge in [-0.15, -0.1) is 0 Å². The van der Waals surface area contributed by atoms with Crippen LogP contribution in [0, 0.1) is 18.3 Å². The van der Waals surface area contributed by atoms with Gasteiger partial charge in [-0.25, -0.2) is 0 Å². The lowest BCUT2D eigenvalue weighted by molar-refractivity contribution is 0.251. The minimum atomic E-state index is 0.00993. The van der Waals surface area contributed by atoms with Gasteiger partial charge in [0.25, 0.3) is 0 Å². The Morgan fingerprint density at radius 1 is 1.36 bits per heavy atom. The van der Waals surface area contributed by atoms with Gasteiger partial charge in [-0.2, -0.15) is 0 Å². The van der Waals surface area contributed by atoms with Crippen molar-refractivity contribution in [2.75, 3.05) is 6.61 Å². The molecular formula is C12H18O2. The molecule has 2 nitrogen and oxygen atoms in total. The molecule has 0 aliphatic heterocycles. The Morgan fingerprint density at radius 2 is 2.00 bits per heavy atom. The molecule has 14 heavy (non-hydrogen) atoms. The number of aryl methyl sites for hydroxylation is 1. The van der Waals surface area contributed by atoms with Gasteiger partial charge in [0.15, 0.2) is 0 Å². The van der Waals surface area contributed by atoms with Crippen molar-refractivity contribution in [2.24, 2.45) is 11.3 Å². The number of hydrogen-bond acceptors (Lipinski definition) is 2. The van der Waals surface area contributed by atoms with E-state index in [9.17, 15) is 5.11 Å². The van der Waals surface area contributed by atoms with Crippen LogP contribution < -0.4 is 0 Å². The average Bonchev–Trinajstić information content (AvgIpc) is 2.49. The lowest BCUT2D eigenvalue weighted by Crippen LogP contribution is -2.08. The predicted molar refractivity (Wildman–Crippen MR) is 55.2 cm³/mol. The van der Waals surface area contributed by atoms with Gasteiger partial charge in [-0.3, -0.25) is 0 Å². The molecule has 0 radical (unpaired) electrons. The van der Waals surface area contributed by atoms with Crippen molar-refractivity contribution in [1.29, 1.82) is 0 Å². The first kappa shape index (κ1) is 9.78. The highest BCUT2D eigenvalue weighted by molar-refractivity contribution is 5.33. The number of furan rings is 1. The van der Waals surface area contributed by atoms with Crippen molar-refractivity contribution >= 4 is 0 Å². The molecule has 1 heterocycles. The largest absolute Gasteiger partial charge is 0.466 e. The first-order chi connectivity index (χ1) is 6.44. The van der Waals surface area contributed by atoms with Crippen LogP contribution in [0.3, 0.4) is 0 Å². The average molecular weight is 194 g/mol. The predicted octanol–water partition coefficient (Wildman–Crippen LogP) is 2.49. The van der Waals surface area contributed by atoms with Crippen molar-refractivity contribution in [3.63, 3.8) is 0 Å². The molecule has 0 aromatic carbocycles. The number of hydrogen-bond donors (Lipinski definition) is 1. The van der Waals surface area contributed by atoms with E-state index in [2.05, 4.69) is 20.8 Å². The standard InChI is InChI=1S/C12H18O2/c1-8-5-6-10(14-8)12(4)9(7-13)11(12,2)3/h5-6,9,13H,7H2,1-4H3. The van der Waals surface area contributed by atoms with Crippen molar-refractivity contribution < 1.29 is 9.52 Å². The molecule has 2 atom stereocenters. The highest BCUT2D eigenvalue weighted by atomic mass is 16.3. The van der Waals surface area contributed by atoms with Gasteiger partial charge in [-0.1, -0.05) is 20.8 Å². The third-order valence-electron chi connectivity index (χ3n) is 4.26. The molecule has 1 aromatic heterocycles. The van der Waals surface area contributed by atoms with Crippen molar-refractivity contribution in [3.05, 3.63) is 23.7 Å². The molecule has 2 heteroatoms. The van der Waals surface area contributed by atoms with Gasteiger partial charge in [0.05, 0.1) is 0 Å². The fourth-order valence-corrected chi connectivity index (χ4v) is 2.72. The minimum Gasteiger partial charge on any atom is -0.466 e. The Bertz CT molecular complexity index is 351. The zero-order valence-electron chi connectivity index (χ0n) is 9.29. The van der Waals surface area contributed by atoms with E-state index >= 15 is 0 Å². The Kier molecular flexibility index (Phi) is 1.84. The molecule has 0 spiro atoms. The van der Waals surface area contributed by atoms with Crippen LogP contribution in [0.1, 0.15) is 32.3 Å². The number of aliphatic hydroxyl groups is 1. The molecule has 1 saturated carbocycles. The van der Waals surface area contributed by atoms with E-state index in [0.29, 0.717) is 5.92 Å². The second-order valence-electron chi connectivity index (χ2n) is 5.07. The Labute approximate surface area is 84.9 Å². The lowest BCUT2D eigenvalue weighted by Gasteiger charge is -2.10. The second kappa shape index (κ2) is 2.63. The van der Waals surface area contributed by atoms with Crippen molar-refractivity contribution in [1.82, 2.24) is 0 Å². The molecule has 2 unspecified atom stereocenters. The monoisotopic (exact) mass is 194 g/mol. The van der Waals surface area contributed by atoms with Gasteiger partial charge in [0.2, 0.25) is 0 Å². The van der Waals surface area contributed by atoms with Crippen LogP contribution in [0.5, 0.6) is 0 Å². The van der Waals surface area contributed by atoms with Crippen LogP contribution in [0.25, 0.3) is 0 Å². The minimum absolute atomic E-state index is 0.00993. The van der Waals surface area contributed by atoms with E-state index in [1.165, 1.54) is 0 Å². The first-order valence-corrected chi connectivity index (χ1v) is 5.12. The van der Waals surface area contributed by atoms with E-state index in [4.69, 9.17) is 4.42 Å². The summed E-state index contributed by atoms with van der Waals surface area (Å²) in [5, 5.41) is 9.30. The van der Waals surface area contributed by atoms with Crippen LogP contribution in [-0.4, -0.2) is 11.7 Å². The molecule has 1 fully saturated rings. The van der Waals surface area contributed by atoms with E-state index in [0.717, 1.165) is 11.5 Å². The fourth-order valence-electron chi connectivity index (χ4n) is 2.72. The van der Waals surface area contributed by atoms with Crippen molar-refractivity contribution in [3.8, 4) is 0 Å². The molecule has 1 N–H and O–H groups in total. The Morgan fingerprint density at radius 3 is 2.36 bits per heavy atom. The van der Waals surface area contributed by atoms with E-state index in [1.807, 2.05) is 19.1 Å². The van der Waals surface area contributed by atoms with Crippen molar-refractivity contribution in [2.45, 2.75) is 33.1 Å². The summed E-state index contributed by atoms with van der Waals surface area (Å²) in [7, 11) is 0. The molecule has 0 amide bonds. The quantitative estimate of drug-likeness (QED) is 0.784. The third kappa shape index (κ3) is 0.949. The highest BCUT2D eigenvalue weighted by Crippen LogP contribution is 2.69. The smallest absolute Gasteiger partial charge is 0.110 e. The summed E-state index contributed by atoms with van der Waals surface area (Å²) in [6, 6.07) is 4.02. The van der Waals surface area contributed by atoms with E-state index < -0.39 is 0 Å². The third-order valence-corrected chi connectivity index (χ3v) is 4.26. The molecule has 2 rings (SSSR count). The summed E-state index contributed by atoms with van der Waals surface area (Å²) in [6.07, 6.45) is 0. The summed E-state index contributed by atoms with van der Waals surface area (Å²) in [4.78, 5) is 0. The van der Waals surface area contributed by atoms with Gasteiger partial charge in [0, 0.05) is 17.9 Å². The highest BCUT2D eigenvalue weighted by Gasteiger charge is 2.69. The van der Waals surface area contributed by atoms with E-state index in [-0.39, 0.29) is 17.4 Å². The van der Waals surface area contributed by atoms with Crippen LogP contribution in [0.15, 0.2) is 16.5 Å². The molecule has 1 aliphatic rings. The summed E-state index contributed by atoms with van der Waals surface area (Å²) in [5.41, 5.74) is 0.155. The maximum atomic E-state index is 9.30. The number of aliphatic hydroxyl groups excluding tert-OH is 1. The molecular weight excluding hydrogens is 176 g/mol. The fraction of sp³-hybridized carbons (Fsp3) is 0.667. The Balaban J connectivity index is 2.36. The van der Waals surface area contributed by atoms with Gasteiger partial charge in [0.1, 0.15) is 11.5 Å². The van der Waals surface area contributed by atoms with Gasteiger partial charge < -0.3 is 9.52 Å². The second-order valence-corrected chi connectivity index (χ2v) is 5.07. The molecule has 78 valence electrons. The van der Waals surface area contributed by atoms with Gasteiger partial charge in [-0.05, 0) is 24.5 Å². The zero-order valence-corrected chi connectivity index (χ0v) is 9.29. The van der Waals surface area contributed by atoms with Crippen LogP contribution >= 0.6 is 0 Å². The van der Waals surface area contributed by atoms with E-state index in [1.54, 1.807) is 0 Å². The first-order valence-electron chi connectivity index (χ1n) is 5.12. The summed E-state index contributed by atoms with van der Waals surface area (Å²) in [5.74, 6) is 2.28. The molecule has 1 aliphatic carbocycles. The van der Waals surface area contributed by atoms with Gasteiger partial charge >= 0.3 is 0 Å². The van der Waals surface area contributed by atoms with Crippen LogP contribution in [0.2, 0.25) is 0 Å². The molecule has 0 saturated heterocycles. The number of rotatable bonds is 2. The maximum Gasteiger partial charge on any atom is 0.110 e. The Hall–Kier alpha value is -0.760. The molecule has 1 aromatic rings. The zero-order chi connectivity index (χ0) is 10.6. The molecule has 0 bridgehead atoms. The lowest BCUT2D eigenvalue weighted by atomic mass is 9.95. The summed E-state index contributed by atoms with van der Waals surface area (Å²) >= 11 is 0. The summed E-state index contributed by atoms with van der Waals surface area (Å²) < 4.78 is 5.67. The van der Waals surface area contributed by atoms with Crippen LogP contribution in [0.4, 0.5) is 0 Å². The normalized spacial score (nSPS) is 34.5. The maximum absolute atomic E-state index is 9.30.